The molecule has 3 N–H and O–H groups in total. The number of benzene rings is 2. The zero-order valence-electron chi connectivity index (χ0n) is 26.5. The van der Waals surface area contributed by atoms with Crippen LogP contribution in [0, 0.1) is 5.41 Å². The highest BCUT2D eigenvalue weighted by Crippen LogP contribution is 2.41. The Labute approximate surface area is 265 Å². The number of rotatable bonds is 12. The molecule has 1 aliphatic heterocycles. The van der Waals surface area contributed by atoms with Crippen LogP contribution in [0.25, 0.3) is 0 Å². The molecule has 0 fully saturated rings. The van der Waals surface area contributed by atoms with Gasteiger partial charge in [-0.15, -0.1) is 0 Å². The standard InChI is InChI=1S/C30H37F3N4O8S/c1-8-44-23-14-18-17(13-19(23)26(39)35-5)25(34)37(27(18)45-28(40)30(31,32)33)15-22(38)16-11-20(29(2,3)4)24(43-6)21(12-16)36-9-10-46(7,41)42/h11-14,27,34,36H,8-10,15H2,1-7H3,(H,35,39). The van der Waals surface area contributed by atoms with Crippen molar-refractivity contribution in [2.45, 2.75) is 45.5 Å². The number of nitrogens with one attached hydrogen (secondary N) is 3. The lowest BCUT2D eigenvalue weighted by atomic mass is 9.84. The topological polar surface area (TPSA) is 164 Å². The molecule has 0 saturated heterocycles. The molecule has 1 unspecified atom stereocenters. The molecule has 0 aliphatic carbocycles. The summed E-state index contributed by atoms with van der Waals surface area (Å²) in [5.41, 5.74) is 0.220. The van der Waals surface area contributed by atoms with Gasteiger partial charge in [0.2, 0.25) is 6.23 Å². The number of methoxy groups -OCH3 is 1. The Kier molecular flexibility index (Phi) is 10.7. The molecular weight excluding hydrogens is 633 g/mol. The number of esters is 1. The predicted octanol–water partition coefficient (Wildman–Crippen LogP) is 3.84. The van der Waals surface area contributed by atoms with E-state index in [1.807, 2.05) is 20.8 Å². The van der Waals surface area contributed by atoms with Crippen molar-refractivity contribution in [2.24, 2.45) is 0 Å². The summed E-state index contributed by atoms with van der Waals surface area (Å²) in [5, 5.41) is 14.2. The van der Waals surface area contributed by atoms with Gasteiger partial charge in [0.25, 0.3) is 5.91 Å². The number of amides is 1. The molecule has 1 atom stereocenters. The number of sulfone groups is 1. The average molecular weight is 671 g/mol. The van der Waals surface area contributed by atoms with Crippen molar-refractivity contribution in [3.63, 3.8) is 0 Å². The maximum Gasteiger partial charge on any atom is 0.491 e. The van der Waals surface area contributed by atoms with Crippen molar-refractivity contribution in [3.05, 3.63) is 52.1 Å². The first-order chi connectivity index (χ1) is 21.2. The molecule has 1 heterocycles. The van der Waals surface area contributed by atoms with E-state index in [9.17, 15) is 36.0 Å². The number of Topliss-reactive ketones (excluding diaryl/α,β-unsaturated/α-hetero) is 1. The van der Waals surface area contributed by atoms with Crippen molar-refractivity contribution in [3.8, 4) is 11.5 Å². The van der Waals surface area contributed by atoms with Crippen LogP contribution in [0.2, 0.25) is 0 Å². The minimum Gasteiger partial charge on any atom is -0.494 e. The van der Waals surface area contributed by atoms with E-state index in [0.29, 0.717) is 17.0 Å². The first-order valence-electron chi connectivity index (χ1n) is 14.1. The molecule has 16 heteroatoms. The number of fused-ring (bicyclic) bond motifs is 1. The molecule has 0 radical (unpaired) electrons. The molecule has 12 nitrogen and oxygen atoms in total. The molecule has 0 aromatic heterocycles. The number of ketones is 1. The van der Waals surface area contributed by atoms with Crippen LogP contribution >= 0.6 is 0 Å². The van der Waals surface area contributed by atoms with Gasteiger partial charge in [-0.25, -0.2) is 13.2 Å². The Bertz CT molecular complexity index is 1650. The zero-order chi connectivity index (χ0) is 34.8. The number of nitrogens with zero attached hydrogens (tertiary/aromatic N) is 1. The second-order valence-electron chi connectivity index (χ2n) is 11.5. The fourth-order valence-electron chi connectivity index (χ4n) is 4.80. The van der Waals surface area contributed by atoms with Crippen molar-refractivity contribution < 1.29 is 50.2 Å². The number of halogens is 3. The van der Waals surface area contributed by atoms with Crippen molar-refractivity contribution in [1.82, 2.24) is 10.2 Å². The van der Waals surface area contributed by atoms with Gasteiger partial charge in [0.1, 0.15) is 27.2 Å². The van der Waals surface area contributed by atoms with Crippen LogP contribution in [0.1, 0.15) is 71.3 Å². The molecule has 252 valence electrons. The number of amidine groups is 1. The van der Waals surface area contributed by atoms with Gasteiger partial charge in [0, 0.05) is 42.1 Å². The first-order valence-corrected chi connectivity index (χ1v) is 16.1. The van der Waals surface area contributed by atoms with Crippen LogP contribution in [0.15, 0.2) is 24.3 Å². The van der Waals surface area contributed by atoms with Gasteiger partial charge in [-0.3, -0.25) is 15.0 Å². The second kappa shape index (κ2) is 13.6. The second-order valence-corrected chi connectivity index (χ2v) is 13.8. The van der Waals surface area contributed by atoms with Crippen LogP contribution in [0.5, 0.6) is 11.5 Å². The summed E-state index contributed by atoms with van der Waals surface area (Å²) >= 11 is 0. The highest BCUT2D eigenvalue weighted by Gasteiger charge is 2.47. The molecule has 0 spiro atoms. The van der Waals surface area contributed by atoms with E-state index >= 15 is 0 Å². The van der Waals surface area contributed by atoms with Gasteiger partial charge in [0.05, 0.1) is 37.3 Å². The van der Waals surface area contributed by atoms with Gasteiger partial charge in [-0.1, -0.05) is 20.8 Å². The smallest absolute Gasteiger partial charge is 0.491 e. The van der Waals surface area contributed by atoms with E-state index in [-0.39, 0.29) is 46.9 Å². The molecule has 0 bridgehead atoms. The van der Waals surface area contributed by atoms with Crippen molar-refractivity contribution >= 4 is 39.0 Å². The van der Waals surface area contributed by atoms with E-state index < -0.39 is 57.7 Å². The third-order valence-corrected chi connectivity index (χ3v) is 7.94. The molecule has 0 saturated carbocycles. The van der Waals surface area contributed by atoms with Gasteiger partial charge in [-0.05, 0) is 36.6 Å². The predicted molar refractivity (Wildman–Crippen MR) is 164 cm³/mol. The van der Waals surface area contributed by atoms with Gasteiger partial charge >= 0.3 is 12.1 Å². The van der Waals surface area contributed by atoms with Crippen LogP contribution < -0.4 is 20.1 Å². The molecular formula is C30H37F3N4O8S. The van der Waals surface area contributed by atoms with Crippen LogP contribution in [0.3, 0.4) is 0 Å². The molecule has 2 aromatic rings. The van der Waals surface area contributed by atoms with Crippen LogP contribution in [-0.2, 0) is 24.8 Å². The Morgan fingerprint density at radius 3 is 2.26 bits per heavy atom. The highest BCUT2D eigenvalue weighted by molar-refractivity contribution is 7.90. The monoisotopic (exact) mass is 670 g/mol. The SMILES string of the molecule is CCOc1cc2c(cc1C(=O)NC)C(=N)N(CC(=O)c1cc(NCCS(C)(=O)=O)c(OC)c(C(C)(C)C)c1)C2OC(=O)C(F)(F)F. The average Bonchev–Trinajstić information content (AvgIpc) is 3.19. The Balaban J connectivity index is 2.12. The number of carbonyl (C=O) groups excluding carboxylic acids is 3. The summed E-state index contributed by atoms with van der Waals surface area (Å²) in [4.78, 5) is 39.3. The molecule has 1 amide bonds. The van der Waals surface area contributed by atoms with E-state index in [1.165, 1.54) is 32.4 Å². The summed E-state index contributed by atoms with van der Waals surface area (Å²) in [5.74, 6) is -4.14. The van der Waals surface area contributed by atoms with Crippen molar-refractivity contribution in [1.29, 1.82) is 5.41 Å². The highest BCUT2D eigenvalue weighted by atomic mass is 32.2. The number of ether oxygens (including phenoxy) is 3. The summed E-state index contributed by atoms with van der Waals surface area (Å²) in [6.45, 7) is 6.58. The maximum atomic E-state index is 13.8. The first kappa shape index (κ1) is 36.1. The lowest BCUT2D eigenvalue weighted by molar-refractivity contribution is -0.210. The number of hydrogen-bond acceptors (Lipinski definition) is 10. The molecule has 1 aliphatic rings. The number of hydrogen-bond donors (Lipinski definition) is 3. The zero-order valence-corrected chi connectivity index (χ0v) is 27.3. The van der Waals surface area contributed by atoms with E-state index in [4.69, 9.17) is 19.6 Å². The lowest BCUT2D eigenvalue weighted by Gasteiger charge is -2.28. The van der Waals surface area contributed by atoms with E-state index in [1.54, 1.807) is 13.0 Å². The summed E-state index contributed by atoms with van der Waals surface area (Å²) in [6, 6.07) is 5.41. The third-order valence-electron chi connectivity index (χ3n) is 6.99. The number of anilines is 1. The summed E-state index contributed by atoms with van der Waals surface area (Å²) in [7, 11) is -0.549. The van der Waals surface area contributed by atoms with Crippen molar-refractivity contribution in [2.75, 3.05) is 51.2 Å². The number of alkyl halides is 3. The fourth-order valence-corrected chi connectivity index (χ4v) is 5.28. The minimum absolute atomic E-state index is 0.00615. The molecule has 46 heavy (non-hydrogen) atoms. The largest absolute Gasteiger partial charge is 0.494 e. The quantitative estimate of drug-likeness (QED) is 0.223. The maximum absolute atomic E-state index is 13.8. The van der Waals surface area contributed by atoms with E-state index in [2.05, 4.69) is 10.6 Å². The Hall–Kier alpha value is -4.34. The Morgan fingerprint density at radius 2 is 1.74 bits per heavy atom. The van der Waals surface area contributed by atoms with Gasteiger partial charge < -0.3 is 29.7 Å². The van der Waals surface area contributed by atoms with E-state index in [0.717, 1.165) is 11.2 Å². The van der Waals surface area contributed by atoms with Gasteiger partial charge in [-0.2, -0.15) is 13.2 Å². The summed E-state index contributed by atoms with van der Waals surface area (Å²) < 4.78 is 79.4. The fraction of sp³-hybridized carbons (Fsp3) is 0.467. The molecule has 2 aromatic carbocycles. The molecule has 3 rings (SSSR count). The lowest BCUT2D eigenvalue weighted by Crippen LogP contribution is -2.38. The number of carbonyl (C=O) groups is 3. The normalized spacial score (nSPS) is 14.9. The third kappa shape index (κ3) is 8.08. The van der Waals surface area contributed by atoms with Crippen LogP contribution in [-0.4, -0.2) is 88.9 Å². The van der Waals surface area contributed by atoms with Gasteiger partial charge in [0.15, 0.2) is 5.78 Å². The van der Waals surface area contributed by atoms with Crippen LogP contribution in [0.4, 0.5) is 18.9 Å². The minimum atomic E-state index is -5.38. The Morgan fingerprint density at radius 1 is 1.09 bits per heavy atom. The summed E-state index contributed by atoms with van der Waals surface area (Å²) in [6.07, 6.45) is -6.16.